The predicted octanol–water partition coefficient (Wildman–Crippen LogP) is 3.80. The van der Waals surface area contributed by atoms with Crippen molar-refractivity contribution in [2.75, 3.05) is 12.9 Å². The number of rotatable bonds is 5. The molecule has 0 bridgehead atoms. The molecule has 0 aliphatic carbocycles. The van der Waals surface area contributed by atoms with Gasteiger partial charge in [0.25, 0.3) is 0 Å². The van der Waals surface area contributed by atoms with Crippen LogP contribution in [0.25, 0.3) is 16.9 Å². The second-order valence-electron chi connectivity index (χ2n) is 4.85. The number of ether oxygens (including phenoxy) is 1. The van der Waals surface area contributed by atoms with Gasteiger partial charge in [-0.25, -0.2) is 4.98 Å². The largest absolute Gasteiger partial charge is 0.468 e. The van der Waals surface area contributed by atoms with Gasteiger partial charge < -0.3 is 4.74 Å². The van der Waals surface area contributed by atoms with Crippen molar-refractivity contribution in [3.05, 3.63) is 66.9 Å². The average molecular weight is 324 g/mol. The lowest BCUT2D eigenvalue weighted by atomic mass is 10.2. The molecule has 0 saturated carbocycles. The van der Waals surface area contributed by atoms with Gasteiger partial charge in [-0.15, -0.1) is 0 Å². The lowest BCUT2D eigenvalue weighted by Gasteiger charge is -2.06. The summed E-state index contributed by atoms with van der Waals surface area (Å²) >= 11 is 1.37. The van der Waals surface area contributed by atoms with E-state index in [4.69, 9.17) is 4.74 Å². The number of methoxy groups -OCH3 is 1. The Labute approximate surface area is 139 Å². The summed E-state index contributed by atoms with van der Waals surface area (Å²) in [6.07, 6.45) is 1.99. The highest BCUT2D eigenvalue weighted by atomic mass is 32.2. The maximum absolute atomic E-state index is 11.4. The molecule has 5 heteroatoms. The first-order valence-corrected chi connectivity index (χ1v) is 8.16. The zero-order valence-corrected chi connectivity index (χ0v) is 13.5. The van der Waals surface area contributed by atoms with Crippen molar-refractivity contribution in [2.24, 2.45) is 0 Å². The first-order valence-electron chi connectivity index (χ1n) is 7.18. The van der Waals surface area contributed by atoms with Crippen molar-refractivity contribution >= 4 is 17.7 Å². The van der Waals surface area contributed by atoms with Crippen LogP contribution in [-0.4, -0.2) is 28.4 Å². The van der Waals surface area contributed by atoms with Gasteiger partial charge in [0, 0.05) is 17.4 Å². The van der Waals surface area contributed by atoms with Crippen LogP contribution in [-0.2, 0) is 9.53 Å². The molecular formula is C18H16N2O2S. The van der Waals surface area contributed by atoms with Gasteiger partial charge in [0.05, 0.1) is 18.6 Å². The van der Waals surface area contributed by atoms with Crippen molar-refractivity contribution in [1.82, 2.24) is 9.55 Å². The number of carbonyl (C=O) groups excluding carboxylic acids is 1. The minimum absolute atomic E-state index is 0.231. The lowest BCUT2D eigenvalue weighted by Crippen LogP contribution is -2.04. The first-order chi connectivity index (χ1) is 11.3. The molecule has 0 unspecified atom stereocenters. The molecule has 0 amide bonds. The number of imidazole rings is 1. The molecule has 2 aromatic carbocycles. The number of nitrogens with zero attached hydrogens (tertiary/aromatic N) is 2. The molecule has 1 aromatic heterocycles. The molecule has 3 aromatic rings. The molecule has 3 rings (SSSR count). The Morgan fingerprint density at radius 3 is 2.39 bits per heavy atom. The van der Waals surface area contributed by atoms with E-state index in [2.05, 4.69) is 4.98 Å². The zero-order valence-electron chi connectivity index (χ0n) is 12.7. The van der Waals surface area contributed by atoms with E-state index in [9.17, 15) is 4.79 Å². The van der Waals surface area contributed by atoms with E-state index in [0.29, 0.717) is 0 Å². The molecular weight excluding hydrogens is 308 g/mol. The number of esters is 1. The standard InChI is InChI=1S/C18H16N2O2S/c1-22-17(21)13-23-18-19-16(14-8-4-2-5-9-14)12-20(18)15-10-6-3-7-11-15/h2-12H,13H2,1H3. The molecule has 0 atom stereocenters. The fraction of sp³-hybridized carbons (Fsp3) is 0.111. The minimum Gasteiger partial charge on any atom is -0.468 e. The van der Waals surface area contributed by atoms with Crippen LogP contribution in [0.4, 0.5) is 0 Å². The molecule has 116 valence electrons. The summed E-state index contributed by atoms with van der Waals surface area (Å²) in [6.45, 7) is 0. The Morgan fingerprint density at radius 2 is 1.74 bits per heavy atom. The third-order valence-electron chi connectivity index (χ3n) is 3.32. The quantitative estimate of drug-likeness (QED) is 0.529. The van der Waals surface area contributed by atoms with Gasteiger partial charge in [-0.1, -0.05) is 60.3 Å². The number of aromatic nitrogens is 2. The van der Waals surface area contributed by atoms with Crippen molar-refractivity contribution in [1.29, 1.82) is 0 Å². The monoisotopic (exact) mass is 324 g/mol. The first kappa shape index (κ1) is 15.4. The Hall–Kier alpha value is -2.53. The number of hydrogen-bond acceptors (Lipinski definition) is 4. The van der Waals surface area contributed by atoms with Crippen molar-refractivity contribution in [3.8, 4) is 16.9 Å². The number of carbonyl (C=O) groups is 1. The van der Waals surface area contributed by atoms with Gasteiger partial charge in [0.1, 0.15) is 0 Å². The van der Waals surface area contributed by atoms with Crippen LogP contribution in [0.15, 0.2) is 72.0 Å². The van der Waals surface area contributed by atoms with Gasteiger partial charge in [-0.05, 0) is 12.1 Å². The van der Waals surface area contributed by atoms with Crippen LogP contribution in [0.1, 0.15) is 0 Å². The third kappa shape index (κ3) is 3.63. The lowest BCUT2D eigenvalue weighted by molar-refractivity contribution is -0.137. The van der Waals surface area contributed by atoms with E-state index in [1.165, 1.54) is 18.9 Å². The van der Waals surface area contributed by atoms with Crippen LogP contribution in [0.3, 0.4) is 0 Å². The highest BCUT2D eigenvalue weighted by molar-refractivity contribution is 7.99. The number of thioether (sulfide) groups is 1. The molecule has 0 N–H and O–H groups in total. The smallest absolute Gasteiger partial charge is 0.316 e. The maximum atomic E-state index is 11.4. The molecule has 0 saturated heterocycles. The Morgan fingerprint density at radius 1 is 1.09 bits per heavy atom. The fourth-order valence-corrected chi connectivity index (χ4v) is 2.99. The van der Waals surface area contributed by atoms with E-state index in [1.54, 1.807) is 0 Å². The average Bonchev–Trinajstić information content (AvgIpc) is 3.05. The molecule has 4 nitrogen and oxygen atoms in total. The molecule has 0 aliphatic heterocycles. The molecule has 0 fully saturated rings. The zero-order chi connectivity index (χ0) is 16.1. The van der Waals surface area contributed by atoms with Crippen LogP contribution in [0, 0.1) is 0 Å². The second-order valence-corrected chi connectivity index (χ2v) is 5.79. The summed E-state index contributed by atoms with van der Waals surface area (Å²) in [6, 6.07) is 19.9. The Bertz CT molecular complexity index is 785. The minimum atomic E-state index is -0.265. The van der Waals surface area contributed by atoms with E-state index in [0.717, 1.165) is 22.1 Å². The molecule has 0 radical (unpaired) electrons. The van der Waals surface area contributed by atoms with Crippen molar-refractivity contribution < 1.29 is 9.53 Å². The summed E-state index contributed by atoms with van der Waals surface area (Å²) in [4.78, 5) is 16.1. The summed E-state index contributed by atoms with van der Waals surface area (Å²) in [5.74, 6) is -0.0342. The van der Waals surface area contributed by atoms with E-state index in [-0.39, 0.29) is 11.7 Å². The van der Waals surface area contributed by atoms with Gasteiger partial charge in [-0.3, -0.25) is 9.36 Å². The normalized spacial score (nSPS) is 10.5. The highest BCUT2D eigenvalue weighted by Gasteiger charge is 2.13. The third-order valence-corrected chi connectivity index (χ3v) is 4.25. The summed E-state index contributed by atoms with van der Waals surface area (Å²) in [7, 11) is 1.39. The SMILES string of the molecule is COC(=O)CSc1nc(-c2ccccc2)cn1-c1ccccc1. The number of benzene rings is 2. The van der Waals surface area contributed by atoms with Crippen LogP contribution < -0.4 is 0 Å². The summed E-state index contributed by atoms with van der Waals surface area (Å²) < 4.78 is 6.71. The Kier molecular flexibility index (Phi) is 4.78. The van der Waals surface area contributed by atoms with E-state index < -0.39 is 0 Å². The van der Waals surface area contributed by atoms with Crippen molar-refractivity contribution in [2.45, 2.75) is 5.16 Å². The van der Waals surface area contributed by atoms with E-state index >= 15 is 0 Å². The van der Waals surface area contributed by atoms with Gasteiger partial charge in [0.2, 0.25) is 0 Å². The number of para-hydroxylation sites is 1. The van der Waals surface area contributed by atoms with Crippen LogP contribution >= 0.6 is 11.8 Å². The van der Waals surface area contributed by atoms with Crippen LogP contribution in [0.2, 0.25) is 0 Å². The maximum Gasteiger partial charge on any atom is 0.316 e. The second kappa shape index (κ2) is 7.15. The van der Waals surface area contributed by atoms with Gasteiger partial charge >= 0.3 is 5.97 Å². The molecule has 1 heterocycles. The summed E-state index contributed by atoms with van der Waals surface area (Å²) in [5.41, 5.74) is 2.93. The topological polar surface area (TPSA) is 44.1 Å². The molecule has 0 spiro atoms. The van der Waals surface area contributed by atoms with E-state index in [1.807, 2.05) is 71.4 Å². The van der Waals surface area contributed by atoms with Crippen molar-refractivity contribution in [3.63, 3.8) is 0 Å². The van der Waals surface area contributed by atoms with Gasteiger partial charge in [0.15, 0.2) is 5.16 Å². The summed E-state index contributed by atoms with van der Waals surface area (Å²) in [5, 5.41) is 0.764. The number of hydrogen-bond donors (Lipinski definition) is 0. The predicted molar refractivity (Wildman–Crippen MR) is 91.7 cm³/mol. The molecule has 0 aliphatic rings. The van der Waals surface area contributed by atoms with Crippen LogP contribution in [0.5, 0.6) is 0 Å². The molecule has 23 heavy (non-hydrogen) atoms. The van der Waals surface area contributed by atoms with Gasteiger partial charge in [-0.2, -0.15) is 0 Å². The fourth-order valence-electron chi connectivity index (χ4n) is 2.17. The Balaban J connectivity index is 1.98. The highest BCUT2D eigenvalue weighted by Crippen LogP contribution is 2.27.